The maximum atomic E-state index is 13.0. The zero-order valence-electron chi connectivity index (χ0n) is 10.2. The summed E-state index contributed by atoms with van der Waals surface area (Å²) in [5.41, 5.74) is 0.663. The van der Waals surface area contributed by atoms with E-state index >= 15 is 0 Å². The molecule has 7 heteroatoms. The third-order valence-electron chi connectivity index (χ3n) is 2.62. The molecule has 1 saturated heterocycles. The number of aliphatic imine (C=N–C) groups is 1. The smallest absolute Gasteiger partial charge is 0.253 e. The van der Waals surface area contributed by atoms with Gasteiger partial charge in [0.15, 0.2) is 5.96 Å². The van der Waals surface area contributed by atoms with E-state index in [0.717, 1.165) is 0 Å². The Bertz CT molecular complexity index is 522. The zero-order chi connectivity index (χ0) is 13.8. The number of benzene rings is 1. The first-order valence-corrected chi connectivity index (χ1v) is 6.47. The third-order valence-corrected chi connectivity index (χ3v) is 3.31. The molecule has 5 nitrogen and oxygen atoms in total. The lowest BCUT2D eigenvalue weighted by molar-refractivity contribution is -0.120. The first-order valence-electron chi connectivity index (χ1n) is 5.67. The number of nitrogens with zero attached hydrogens (tertiary/aromatic N) is 1. The molecule has 1 aliphatic heterocycles. The van der Waals surface area contributed by atoms with Crippen LogP contribution in [0.15, 0.2) is 27.7 Å². The van der Waals surface area contributed by atoms with Crippen molar-refractivity contribution in [1.82, 2.24) is 10.6 Å². The number of nitrogens with one attached hydrogen (secondary N) is 2. The van der Waals surface area contributed by atoms with E-state index in [0.29, 0.717) is 29.1 Å². The summed E-state index contributed by atoms with van der Waals surface area (Å²) in [4.78, 5) is 16.0. The lowest BCUT2D eigenvalue weighted by Crippen LogP contribution is -2.26. The molecule has 2 rings (SSSR count). The Morgan fingerprint density at radius 1 is 1.53 bits per heavy atom. The molecule has 0 aliphatic carbocycles. The summed E-state index contributed by atoms with van der Waals surface area (Å²) in [7, 11) is 1.58. The lowest BCUT2D eigenvalue weighted by atomic mass is 10.1. The van der Waals surface area contributed by atoms with Crippen LogP contribution in [0.25, 0.3) is 0 Å². The van der Waals surface area contributed by atoms with Crippen molar-refractivity contribution in [2.45, 2.75) is 6.04 Å². The average Bonchev–Trinajstić information content (AvgIpc) is 2.71. The summed E-state index contributed by atoms with van der Waals surface area (Å²) in [6.07, 6.45) is 0. The van der Waals surface area contributed by atoms with Crippen molar-refractivity contribution in [2.75, 3.05) is 20.3 Å². The molecular weight excluding hydrogens is 317 g/mol. The molecule has 1 amide bonds. The minimum atomic E-state index is -0.573. The largest absolute Gasteiger partial charge is 0.383 e. The van der Waals surface area contributed by atoms with Gasteiger partial charge in [0.2, 0.25) is 0 Å². The monoisotopic (exact) mass is 329 g/mol. The number of methoxy groups -OCH3 is 1. The second-order valence-electron chi connectivity index (χ2n) is 3.96. The molecule has 0 bridgehead atoms. The van der Waals surface area contributed by atoms with Gasteiger partial charge in [0.05, 0.1) is 13.2 Å². The molecule has 1 atom stereocenters. The van der Waals surface area contributed by atoms with Gasteiger partial charge in [0, 0.05) is 11.6 Å². The Hall–Kier alpha value is -1.47. The Morgan fingerprint density at radius 3 is 3.00 bits per heavy atom. The first-order chi connectivity index (χ1) is 9.11. The number of guanidine groups is 1. The highest BCUT2D eigenvalue weighted by Crippen LogP contribution is 2.26. The molecular formula is C12H13BrFN3O2. The van der Waals surface area contributed by atoms with E-state index in [-0.39, 0.29) is 11.7 Å². The summed E-state index contributed by atoms with van der Waals surface area (Å²) in [5.74, 6) is -0.172. The van der Waals surface area contributed by atoms with Crippen molar-refractivity contribution in [3.05, 3.63) is 34.1 Å². The lowest BCUT2D eigenvalue weighted by Gasteiger charge is -2.10. The van der Waals surface area contributed by atoms with Crippen LogP contribution in [0, 0.1) is 5.82 Å². The van der Waals surface area contributed by atoms with Gasteiger partial charge in [-0.05, 0) is 17.7 Å². The molecule has 1 heterocycles. The van der Waals surface area contributed by atoms with E-state index in [9.17, 15) is 9.18 Å². The van der Waals surface area contributed by atoms with Crippen LogP contribution in [-0.2, 0) is 9.53 Å². The van der Waals surface area contributed by atoms with Gasteiger partial charge in [0.1, 0.15) is 11.9 Å². The number of hydrogen-bond donors (Lipinski definition) is 2. The second kappa shape index (κ2) is 6.12. The van der Waals surface area contributed by atoms with Gasteiger partial charge in [-0.25, -0.2) is 4.39 Å². The summed E-state index contributed by atoms with van der Waals surface area (Å²) < 4.78 is 18.4. The van der Waals surface area contributed by atoms with Crippen molar-refractivity contribution in [2.24, 2.45) is 4.99 Å². The number of hydrogen-bond acceptors (Lipinski definition) is 3. The second-order valence-corrected chi connectivity index (χ2v) is 4.81. The quantitative estimate of drug-likeness (QED) is 0.820. The first kappa shape index (κ1) is 14.0. The molecule has 0 aromatic heterocycles. The topological polar surface area (TPSA) is 62.7 Å². The molecule has 0 spiro atoms. The highest BCUT2D eigenvalue weighted by molar-refractivity contribution is 9.10. The van der Waals surface area contributed by atoms with E-state index < -0.39 is 6.04 Å². The highest BCUT2D eigenvalue weighted by atomic mass is 79.9. The highest BCUT2D eigenvalue weighted by Gasteiger charge is 2.30. The Labute approximate surface area is 118 Å². The Balaban J connectivity index is 2.13. The number of carbonyl (C=O) groups is 1. The van der Waals surface area contributed by atoms with Crippen LogP contribution in [0.5, 0.6) is 0 Å². The van der Waals surface area contributed by atoms with E-state index in [1.807, 2.05) is 0 Å². The van der Waals surface area contributed by atoms with Crippen LogP contribution in [0.1, 0.15) is 11.6 Å². The van der Waals surface area contributed by atoms with Crippen LogP contribution in [-0.4, -0.2) is 32.1 Å². The summed E-state index contributed by atoms with van der Waals surface area (Å²) in [6.45, 7) is 0.933. The number of amides is 1. The summed E-state index contributed by atoms with van der Waals surface area (Å²) in [6, 6.07) is 3.63. The van der Waals surface area contributed by atoms with Crippen LogP contribution in [0.3, 0.4) is 0 Å². The van der Waals surface area contributed by atoms with Crippen LogP contribution >= 0.6 is 15.9 Å². The van der Waals surface area contributed by atoms with Gasteiger partial charge in [-0.3, -0.25) is 15.1 Å². The standard InChI is InChI=1S/C12H13BrFN3O2/c1-19-5-4-15-12-16-10(11(18)17-12)8-3-2-7(14)6-9(8)13/h2-3,6,10H,4-5H2,1H3,(H2,15,16,17,18). The molecule has 0 radical (unpaired) electrons. The van der Waals surface area contributed by atoms with E-state index in [1.54, 1.807) is 13.2 Å². The fourth-order valence-electron chi connectivity index (χ4n) is 1.72. The predicted molar refractivity (Wildman–Crippen MR) is 72.3 cm³/mol. The maximum absolute atomic E-state index is 13.0. The average molecular weight is 330 g/mol. The molecule has 2 N–H and O–H groups in total. The minimum Gasteiger partial charge on any atom is -0.383 e. The fraction of sp³-hybridized carbons (Fsp3) is 0.333. The van der Waals surface area contributed by atoms with Crippen LogP contribution in [0.4, 0.5) is 4.39 Å². The van der Waals surface area contributed by atoms with E-state index in [2.05, 4.69) is 31.6 Å². The third kappa shape index (κ3) is 3.30. The number of ether oxygens (including phenoxy) is 1. The van der Waals surface area contributed by atoms with Gasteiger partial charge >= 0.3 is 0 Å². The number of rotatable bonds is 4. The number of halogens is 2. The van der Waals surface area contributed by atoms with Crippen LogP contribution in [0.2, 0.25) is 0 Å². The van der Waals surface area contributed by atoms with Crippen molar-refractivity contribution in [3.63, 3.8) is 0 Å². The Kier molecular flexibility index (Phi) is 4.49. The summed E-state index contributed by atoms with van der Waals surface area (Å²) in [5, 5.41) is 5.59. The fourth-order valence-corrected chi connectivity index (χ4v) is 2.30. The molecule has 1 fully saturated rings. The molecule has 1 unspecified atom stereocenters. The van der Waals surface area contributed by atoms with Gasteiger partial charge in [-0.2, -0.15) is 0 Å². The zero-order valence-corrected chi connectivity index (χ0v) is 11.8. The number of carbonyl (C=O) groups excluding carboxylic acids is 1. The minimum absolute atomic E-state index is 0.219. The molecule has 1 aromatic rings. The summed E-state index contributed by atoms with van der Waals surface area (Å²) >= 11 is 3.25. The molecule has 0 saturated carbocycles. The molecule has 102 valence electrons. The van der Waals surface area contributed by atoms with Gasteiger partial charge in [0.25, 0.3) is 5.91 Å². The molecule has 1 aromatic carbocycles. The van der Waals surface area contributed by atoms with E-state index in [1.165, 1.54) is 12.1 Å². The van der Waals surface area contributed by atoms with Gasteiger partial charge in [-0.15, -0.1) is 0 Å². The predicted octanol–water partition coefficient (Wildman–Crippen LogP) is 1.35. The maximum Gasteiger partial charge on any atom is 0.253 e. The van der Waals surface area contributed by atoms with E-state index in [4.69, 9.17) is 4.74 Å². The van der Waals surface area contributed by atoms with Crippen molar-refractivity contribution < 1.29 is 13.9 Å². The van der Waals surface area contributed by atoms with Crippen molar-refractivity contribution in [3.8, 4) is 0 Å². The van der Waals surface area contributed by atoms with Gasteiger partial charge < -0.3 is 10.1 Å². The SMILES string of the molecule is COCCN=C1NC(=O)C(c2ccc(F)cc2Br)N1. The normalized spacial score (nSPS) is 20.5. The molecule has 1 aliphatic rings. The van der Waals surface area contributed by atoms with Crippen molar-refractivity contribution in [1.29, 1.82) is 0 Å². The van der Waals surface area contributed by atoms with Crippen molar-refractivity contribution >= 4 is 27.8 Å². The van der Waals surface area contributed by atoms with Gasteiger partial charge in [-0.1, -0.05) is 22.0 Å². The Morgan fingerprint density at radius 2 is 2.32 bits per heavy atom. The molecule has 19 heavy (non-hydrogen) atoms. The van der Waals surface area contributed by atoms with Crippen LogP contribution < -0.4 is 10.6 Å².